The van der Waals surface area contributed by atoms with Crippen LogP contribution in [0.3, 0.4) is 0 Å². The van der Waals surface area contributed by atoms with Gasteiger partial charge in [0, 0.05) is 26.7 Å². The molecule has 3 aromatic rings. The highest BCUT2D eigenvalue weighted by Crippen LogP contribution is 2.26. The summed E-state index contributed by atoms with van der Waals surface area (Å²) in [5.74, 6) is -0.726. The summed E-state index contributed by atoms with van der Waals surface area (Å²) in [6.07, 6.45) is 1.66. The minimum atomic E-state index is -1.24. The Morgan fingerprint density at radius 3 is 1.87 bits per heavy atom. The number of rotatable bonds is 6. The summed E-state index contributed by atoms with van der Waals surface area (Å²) in [5, 5.41) is 14.6. The lowest BCUT2D eigenvalue weighted by Crippen LogP contribution is -2.15. The maximum absolute atomic E-state index is 12.5. The Morgan fingerprint density at radius 2 is 1.29 bits per heavy atom. The molecule has 0 fully saturated rings. The van der Waals surface area contributed by atoms with Crippen LogP contribution < -0.4 is 10.6 Å². The van der Waals surface area contributed by atoms with E-state index < -0.39 is 12.0 Å². The number of nitrogens with one attached hydrogen (secondary N) is 2. The highest BCUT2D eigenvalue weighted by molar-refractivity contribution is 6.37. The topological polar surface area (TPSA) is 95.5 Å². The number of hydrogen-bond acceptors (Lipinski definition) is 3. The molecule has 0 aliphatic heterocycles. The van der Waals surface area contributed by atoms with Crippen molar-refractivity contribution < 1.29 is 19.5 Å². The Kier molecular flexibility index (Phi) is 7.07. The Morgan fingerprint density at radius 1 is 0.742 bits per heavy atom. The number of ketones is 1. The third kappa shape index (κ3) is 5.72. The molecule has 3 rings (SSSR count). The SMILES string of the molecule is O=C(O)Nc1ccccc1NC(=O)c1ccc(C(=O)/C=C/c2c(Cl)cccc2Cl)cc1. The van der Waals surface area contributed by atoms with Crippen molar-refractivity contribution in [3.05, 3.63) is 99.5 Å². The third-order valence-corrected chi connectivity index (χ3v) is 4.91. The molecule has 0 saturated carbocycles. The molecule has 0 bridgehead atoms. The van der Waals surface area contributed by atoms with Gasteiger partial charge < -0.3 is 10.4 Å². The second kappa shape index (κ2) is 9.93. The normalized spacial score (nSPS) is 10.6. The highest BCUT2D eigenvalue weighted by Gasteiger charge is 2.11. The third-order valence-electron chi connectivity index (χ3n) is 4.25. The summed E-state index contributed by atoms with van der Waals surface area (Å²) < 4.78 is 0. The van der Waals surface area contributed by atoms with Crippen molar-refractivity contribution in [3.63, 3.8) is 0 Å². The van der Waals surface area contributed by atoms with Crippen LogP contribution in [0.4, 0.5) is 16.2 Å². The molecule has 0 heterocycles. The Hall–Kier alpha value is -3.61. The number of amides is 2. The summed E-state index contributed by atoms with van der Waals surface area (Å²) >= 11 is 12.2. The molecule has 0 spiro atoms. The van der Waals surface area contributed by atoms with E-state index in [9.17, 15) is 14.4 Å². The van der Waals surface area contributed by atoms with E-state index in [1.165, 1.54) is 36.4 Å². The van der Waals surface area contributed by atoms with E-state index in [-0.39, 0.29) is 11.5 Å². The van der Waals surface area contributed by atoms with Crippen molar-refractivity contribution in [2.24, 2.45) is 0 Å². The Labute approximate surface area is 188 Å². The van der Waals surface area contributed by atoms with Crippen LogP contribution in [0, 0.1) is 0 Å². The van der Waals surface area contributed by atoms with Crippen molar-refractivity contribution in [3.8, 4) is 0 Å². The largest absolute Gasteiger partial charge is 0.465 e. The fraction of sp³-hybridized carbons (Fsp3) is 0. The number of allylic oxidation sites excluding steroid dienone is 1. The second-order valence-corrected chi connectivity index (χ2v) is 7.15. The summed E-state index contributed by atoms with van der Waals surface area (Å²) in [6, 6.07) is 17.5. The van der Waals surface area contributed by atoms with Gasteiger partial charge in [0.2, 0.25) is 0 Å². The lowest BCUT2D eigenvalue weighted by atomic mass is 10.1. The van der Waals surface area contributed by atoms with Gasteiger partial charge in [-0.15, -0.1) is 0 Å². The number of para-hydroxylation sites is 2. The molecule has 0 radical (unpaired) electrons. The van der Waals surface area contributed by atoms with Gasteiger partial charge in [0.15, 0.2) is 5.78 Å². The zero-order valence-electron chi connectivity index (χ0n) is 15.9. The van der Waals surface area contributed by atoms with Crippen LogP contribution in [-0.2, 0) is 0 Å². The molecule has 0 aliphatic carbocycles. The average Bonchev–Trinajstić information content (AvgIpc) is 2.74. The number of anilines is 2. The highest BCUT2D eigenvalue weighted by atomic mass is 35.5. The first kappa shape index (κ1) is 22.1. The van der Waals surface area contributed by atoms with Gasteiger partial charge in [0.05, 0.1) is 11.4 Å². The van der Waals surface area contributed by atoms with Crippen molar-refractivity contribution in [1.29, 1.82) is 0 Å². The van der Waals surface area contributed by atoms with Crippen LogP contribution in [0.1, 0.15) is 26.3 Å². The summed E-state index contributed by atoms with van der Waals surface area (Å²) in [6.45, 7) is 0. The standard InChI is InChI=1S/C23H16Cl2N2O4/c24-17-4-3-5-18(25)16(17)12-13-21(28)14-8-10-15(11-9-14)22(29)26-19-6-1-2-7-20(19)27-23(30)31/h1-13,27H,(H,26,29)(H,30,31)/b13-12+. The molecule has 2 amide bonds. The minimum absolute atomic E-state index is 0.249. The van der Waals surface area contributed by atoms with Crippen LogP contribution in [-0.4, -0.2) is 22.9 Å². The zero-order chi connectivity index (χ0) is 22.4. The maximum atomic E-state index is 12.5. The lowest BCUT2D eigenvalue weighted by molar-refractivity contribution is 0.102. The van der Waals surface area contributed by atoms with Gasteiger partial charge in [-0.3, -0.25) is 14.9 Å². The fourth-order valence-electron chi connectivity index (χ4n) is 2.72. The van der Waals surface area contributed by atoms with Crippen LogP contribution in [0.15, 0.2) is 72.8 Å². The smallest absolute Gasteiger partial charge is 0.409 e. The van der Waals surface area contributed by atoms with E-state index >= 15 is 0 Å². The quantitative estimate of drug-likeness (QED) is 0.303. The Bertz CT molecular complexity index is 1150. The summed E-state index contributed by atoms with van der Waals surface area (Å²) in [7, 11) is 0. The van der Waals surface area contributed by atoms with Crippen molar-refractivity contribution in [1.82, 2.24) is 0 Å². The molecular formula is C23H16Cl2N2O4. The molecule has 8 heteroatoms. The fourth-order valence-corrected chi connectivity index (χ4v) is 3.25. The molecule has 0 unspecified atom stereocenters. The van der Waals surface area contributed by atoms with Crippen LogP contribution >= 0.6 is 23.2 Å². The van der Waals surface area contributed by atoms with E-state index in [4.69, 9.17) is 28.3 Å². The van der Waals surface area contributed by atoms with E-state index in [1.54, 1.807) is 42.5 Å². The molecular weight excluding hydrogens is 439 g/mol. The van der Waals surface area contributed by atoms with Gasteiger partial charge in [-0.2, -0.15) is 0 Å². The maximum Gasteiger partial charge on any atom is 0.409 e. The van der Waals surface area contributed by atoms with Crippen molar-refractivity contribution >= 4 is 58.4 Å². The van der Waals surface area contributed by atoms with E-state index in [0.29, 0.717) is 32.4 Å². The molecule has 6 nitrogen and oxygen atoms in total. The first-order valence-corrected chi connectivity index (χ1v) is 9.77. The van der Waals surface area contributed by atoms with Gasteiger partial charge in [-0.1, -0.05) is 53.5 Å². The number of carbonyl (C=O) groups is 3. The number of carboxylic acid groups (broad SMARTS) is 1. The van der Waals surface area contributed by atoms with E-state index in [2.05, 4.69) is 10.6 Å². The molecule has 0 aromatic heterocycles. The van der Waals surface area contributed by atoms with E-state index in [1.807, 2.05) is 0 Å². The van der Waals surface area contributed by atoms with Gasteiger partial charge in [0.1, 0.15) is 0 Å². The monoisotopic (exact) mass is 454 g/mol. The first-order chi connectivity index (χ1) is 14.8. The van der Waals surface area contributed by atoms with Crippen LogP contribution in [0.5, 0.6) is 0 Å². The molecule has 0 aliphatic rings. The minimum Gasteiger partial charge on any atom is -0.465 e. The molecule has 156 valence electrons. The van der Waals surface area contributed by atoms with E-state index in [0.717, 1.165) is 0 Å². The van der Waals surface area contributed by atoms with Gasteiger partial charge >= 0.3 is 6.09 Å². The number of hydrogen-bond donors (Lipinski definition) is 3. The molecule has 31 heavy (non-hydrogen) atoms. The molecule has 3 aromatic carbocycles. The first-order valence-electron chi connectivity index (χ1n) is 9.02. The second-order valence-electron chi connectivity index (χ2n) is 6.34. The lowest BCUT2D eigenvalue weighted by Gasteiger charge is -2.10. The predicted molar refractivity (Wildman–Crippen MR) is 122 cm³/mol. The molecule has 0 saturated heterocycles. The van der Waals surface area contributed by atoms with Gasteiger partial charge in [0.25, 0.3) is 5.91 Å². The van der Waals surface area contributed by atoms with Crippen LogP contribution in [0.2, 0.25) is 10.0 Å². The Balaban J connectivity index is 1.71. The number of carbonyl (C=O) groups excluding carboxylic acids is 2. The molecule has 3 N–H and O–H groups in total. The zero-order valence-corrected chi connectivity index (χ0v) is 17.4. The molecule has 0 atom stereocenters. The average molecular weight is 455 g/mol. The number of benzene rings is 3. The predicted octanol–water partition coefficient (Wildman–Crippen LogP) is 6.23. The summed E-state index contributed by atoms with van der Waals surface area (Å²) in [4.78, 5) is 35.8. The van der Waals surface area contributed by atoms with Crippen LogP contribution in [0.25, 0.3) is 6.08 Å². The summed E-state index contributed by atoms with van der Waals surface area (Å²) in [5.41, 5.74) is 1.79. The van der Waals surface area contributed by atoms with Gasteiger partial charge in [-0.25, -0.2) is 4.79 Å². The van der Waals surface area contributed by atoms with Gasteiger partial charge in [-0.05, 0) is 48.6 Å². The van der Waals surface area contributed by atoms with Crippen molar-refractivity contribution in [2.75, 3.05) is 10.6 Å². The van der Waals surface area contributed by atoms with Crippen molar-refractivity contribution in [2.45, 2.75) is 0 Å². The number of halogens is 2.